The van der Waals surface area contributed by atoms with Crippen molar-refractivity contribution in [3.05, 3.63) is 51.2 Å². The molecule has 2 nitrogen and oxygen atoms in total. The van der Waals surface area contributed by atoms with Crippen molar-refractivity contribution < 1.29 is 9.84 Å². The quantitative estimate of drug-likeness (QED) is 0.912. The molecule has 0 aliphatic carbocycles. The maximum absolute atomic E-state index is 10.3. The number of aliphatic hydroxyl groups is 1. The molecule has 0 fully saturated rings. The molecule has 0 bridgehead atoms. The summed E-state index contributed by atoms with van der Waals surface area (Å²) in [6, 6.07) is 9.28. The molecule has 4 heteroatoms. The molecule has 2 aromatic rings. The second-order valence-corrected chi connectivity index (χ2v) is 4.92. The van der Waals surface area contributed by atoms with Crippen molar-refractivity contribution in [2.45, 2.75) is 13.0 Å². The van der Waals surface area contributed by atoms with Crippen LogP contribution in [0.4, 0.5) is 0 Å². The number of thiophene rings is 1. The summed E-state index contributed by atoms with van der Waals surface area (Å²) in [5.74, 6) is 0.715. The zero-order valence-corrected chi connectivity index (χ0v) is 11.0. The number of hydrogen-bond acceptors (Lipinski definition) is 3. The van der Waals surface area contributed by atoms with Gasteiger partial charge in [0.25, 0.3) is 0 Å². The van der Waals surface area contributed by atoms with E-state index < -0.39 is 6.10 Å². The SMILES string of the molecule is CCOc1ccccc1C(O)c1cc(Cl)cs1. The highest BCUT2D eigenvalue weighted by Crippen LogP contribution is 2.34. The number of benzene rings is 1. The van der Waals surface area contributed by atoms with E-state index in [0.29, 0.717) is 17.4 Å². The largest absolute Gasteiger partial charge is 0.493 e. The predicted molar refractivity (Wildman–Crippen MR) is 71.0 cm³/mol. The van der Waals surface area contributed by atoms with Gasteiger partial charge in [-0.05, 0) is 19.1 Å². The van der Waals surface area contributed by atoms with E-state index in [4.69, 9.17) is 16.3 Å². The lowest BCUT2D eigenvalue weighted by Gasteiger charge is -2.14. The van der Waals surface area contributed by atoms with Gasteiger partial charge in [0.1, 0.15) is 11.9 Å². The molecule has 1 aromatic heterocycles. The van der Waals surface area contributed by atoms with E-state index in [1.807, 2.05) is 36.6 Å². The summed E-state index contributed by atoms with van der Waals surface area (Å²) < 4.78 is 5.50. The lowest BCUT2D eigenvalue weighted by molar-refractivity contribution is 0.215. The van der Waals surface area contributed by atoms with Gasteiger partial charge in [0.05, 0.1) is 11.6 Å². The molecule has 0 spiro atoms. The first-order chi connectivity index (χ1) is 8.22. The molecular formula is C13H13ClO2S. The van der Waals surface area contributed by atoms with Gasteiger partial charge < -0.3 is 9.84 Å². The van der Waals surface area contributed by atoms with Gasteiger partial charge in [0.2, 0.25) is 0 Å². The highest BCUT2D eigenvalue weighted by molar-refractivity contribution is 7.10. The van der Waals surface area contributed by atoms with E-state index in [1.165, 1.54) is 11.3 Å². The van der Waals surface area contributed by atoms with Crippen molar-refractivity contribution in [2.75, 3.05) is 6.61 Å². The van der Waals surface area contributed by atoms with Crippen LogP contribution in [0.3, 0.4) is 0 Å². The fourth-order valence-corrected chi connectivity index (χ4v) is 2.70. The first-order valence-corrected chi connectivity index (χ1v) is 6.62. The molecule has 0 saturated carbocycles. The van der Waals surface area contributed by atoms with E-state index in [0.717, 1.165) is 10.4 Å². The van der Waals surface area contributed by atoms with E-state index in [1.54, 1.807) is 6.07 Å². The Balaban J connectivity index is 2.33. The van der Waals surface area contributed by atoms with Crippen LogP contribution in [0.5, 0.6) is 5.75 Å². The van der Waals surface area contributed by atoms with Crippen molar-refractivity contribution in [2.24, 2.45) is 0 Å². The van der Waals surface area contributed by atoms with Crippen LogP contribution in [0, 0.1) is 0 Å². The first kappa shape index (κ1) is 12.4. The van der Waals surface area contributed by atoms with Crippen LogP contribution in [0.2, 0.25) is 5.02 Å². The van der Waals surface area contributed by atoms with Gasteiger partial charge in [-0.2, -0.15) is 0 Å². The molecule has 0 radical (unpaired) electrons. The molecule has 0 amide bonds. The molecular weight excluding hydrogens is 256 g/mol. The van der Waals surface area contributed by atoms with Crippen molar-refractivity contribution in [3.8, 4) is 5.75 Å². The number of rotatable bonds is 4. The Morgan fingerprint density at radius 2 is 2.18 bits per heavy atom. The van der Waals surface area contributed by atoms with Crippen molar-refractivity contribution in [3.63, 3.8) is 0 Å². The summed E-state index contributed by atoms with van der Waals surface area (Å²) in [5.41, 5.74) is 0.771. The third kappa shape index (κ3) is 2.80. The molecule has 2 rings (SSSR count). The summed E-state index contributed by atoms with van der Waals surface area (Å²) in [6.45, 7) is 2.50. The minimum absolute atomic E-state index is 0.578. The number of aliphatic hydroxyl groups excluding tert-OH is 1. The number of halogens is 1. The molecule has 1 atom stereocenters. The number of ether oxygens (including phenoxy) is 1. The minimum Gasteiger partial charge on any atom is -0.493 e. The average Bonchev–Trinajstić information content (AvgIpc) is 2.76. The summed E-state index contributed by atoms with van der Waals surface area (Å²) in [6.07, 6.45) is -0.685. The topological polar surface area (TPSA) is 29.5 Å². The lowest BCUT2D eigenvalue weighted by Crippen LogP contribution is -2.02. The fraction of sp³-hybridized carbons (Fsp3) is 0.231. The third-order valence-electron chi connectivity index (χ3n) is 2.37. The van der Waals surface area contributed by atoms with E-state index in [9.17, 15) is 5.11 Å². The molecule has 1 heterocycles. The minimum atomic E-state index is -0.685. The van der Waals surface area contributed by atoms with Crippen LogP contribution in [0.25, 0.3) is 0 Å². The molecule has 1 aromatic carbocycles. The van der Waals surface area contributed by atoms with E-state index in [2.05, 4.69) is 0 Å². The van der Waals surface area contributed by atoms with Crippen LogP contribution in [0.1, 0.15) is 23.5 Å². The smallest absolute Gasteiger partial charge is 0.125 e. The van der Waals surface area contributed by atoms with Gasteiger partial charge in [0, 0.05) is 15.8 Å². The first-order valence-electron chi connectivity index (χ1n) is 5.36. The summed E-state index contributed by atoms with van der Waals surface area (Å²) in [7, 11) is 0. The Hall–Kier alpha value is -1.03. The maximum atomic E-state index is 10.3. The average molecular weight is 269 g/mol. The van der Waals surface area contributed by atoms with Gasteiger partial charge in [-0.15, -0.1) is 11.3 Å². The number of hydrogen-bond donors (Lipinski definition) is 1. The predicted octanol–water partition coefficient (Wildman–Crippen LogP) is 3.88. The molecule has 1 unspecified atom stereocenters. The van der Waals surface area contributed by atoms with E-state index in [-0.39, 0.29) is 0 Å². The van der Waals surface area contributed by atoms with Crippen LogP contribution in [-0.2, 0) is 0 Å². The Kier molecular flexibility index (Phi) is 4.05. The van der Waals surface area contributed by atoms with Gasteiger partial charge in [-0.25, -0.2) is 0 Å². The van der Waals surface area contributed by atoms with Crippen LogP contribution < -0.4 is 4.74 Å². The third-order valence-corrected chi connectivity index (χ3v) is 3.70. The van der Waals surface area contributed by atoms with Crippen LogP contribution >= 0.6 is 22.9 Å². The van der Waals surface area contributed by atoms with Gasteiger partial charge in [0.15, 0.2) is 0 Å². The standard InChI is InChI=1S/C13H13ClO2S/c1-2-16-11-6-4-3-5-10(11)13(15)12-7-9(14)8-17-12/h3-8,13,15H,2H2,1H3. The molecule has 0 aliphatic rings. The highest BCUT2D eigenvalue weighted by atomic mass is 35.5. The van der Waals surface area contributed by atoms with Crippen LogP contribution in [-0.4, -0.2) is 11.7 Å². The molecule has 1 N–H and O–H groups in total. The lowest BCUT2D eigenvalue weighted by atomic mass is 10.1. The summed E-state index contributed by atoms with van der Waals surface area (Å²) in [4.78, 5) is 0.821. The Labute approximate surface area is 109 Å². The fourth-order valence-electron chi connectivity index (χ4n) is 1.62. The normalized spacial score (nSPS) is 12.4. The van der Waals surface area contributed by atoms with Gasteiger partial charge in [-0.1, -0.05) is 29.8 Å². The van der Waals surface area contributed by atoms with Gasteiger partial charge in [-0.3, -0.25) is 0 Å². The Morgan fingerprint density at radius 3 is 2.82 bits per heavy atom. The summed E-state index contributed by atoms with van der Waals surface area (Å²) in [5, 5.41) is 12.7. The molecule has 0 aliphatic heterocycles. The van der Waals surface area contributed by atoms with Crippen LogP contribution in [0.15, 0.2) is 35.7 Å². The molecule has 17 heavy (non-hydrogen) atoms. The maximum Gasteiger partial charge on any atom is 0.125 e. The summed E-state index contributed by atoms with van der Waals surface area (Å²) >= 11 is 7.30. The van der Waals surface area contributed by atoms with Crippen molar-refractivity contribution >= 4 is 22.9 Å². The molecule has 90 valence electrons. The van der Waals surface area contributed by atoms with E-state index >= 15 is 0 Å². The Bertz CT molecular complexity index is 496. The zero-order valence-electron chi connectivity index (χ0n) is 9.39. The second kappa shape index (κ2) is 5.54. The number of para-hydroxylation sites is 1. The molecule has 0 saturated heterocycles. The van der Waals surface area contributed by atoms with Crippen molar-refractivity contribution in [1.82, 2.24) is 0 Å². The van der Waals surface area contributed by atoms with Crippen molar-refractivity contribution in [1.29, 1.82) is 0 Å². The van der Waals surface area contributed by atoms with Gasteiger partial charge >= 0.3 is 0 Å². The highest BCUT2D eigenvalue weighted by Gasteiger charge is 2.16. The Morgan fingerprint density at radius 1 is 1.41 bits per heavy atom. The monoisotopic (exact) mass is 268 g/mol. The zero-order chi connectivity index (χ0) is 12.3. The second-order valence-electron chi connectivity index (χ2n) is 3.54.